The first-order valence-electron chi connectivity index (χ1n) is 6.21. The maximum Gasteiger partial charge on any atom is 0.253 e. The number of nitrogens with zero attached hydrogens (tertiary/aromatic N) is 2. The Morgan fingerprint density at radius 3 is 2.32 bits per heavy atom. The van der Waals surface area contributed by atoms with Crippen LogP contribution in [0.4, 0.5) is 5.69 Å². The zero-order chi connectivity index (χ0) is 14.3. The molecular formula is C14H21BrN2O2. The van der Waals surface area contributed by atoms with Crippen molar-refractivity contribution >= 4 is 27.5 Å². The number of anilines is 1. The van der Waals surface area contributed by atoms with E-state index in [0.29, 0.717) is 25.3 Å². The van der Waals surface area contributed by atoms with Crippen molar-refractivity contribution in [2.45, 2.75) is 0 Å². The third-order valence-corrected chi connectivity index (χ3v) is 3.19. The second-order valence-corrected chi connectivity index (χ2v) is 5.21. The Morgan fingerprint density at radius 2 is 1.84 bits per heavy atom. The number of hydrogen-bond acceptors (Lipinski definition) is 3. The van der Waals surface area contributed by atoms with Crippen LogP contribution >= 0.6 is 15.9 Å². The Hall–Kier alpha value is -1.07. The lowest BCUT2D eigenvalue weighted by Crippen LogP contribution is -2.35. The summed E-state index contributed by atoms with van der Waals surface area (Å²) in [6.45, 7) is 1.84. The number of methoxy groups -OCH3 is 1. The van der Waals surface area contributed by atoms with Crippen molar-refractivity contribution in [3.63, 3.8) is 0 Å². The number of ether oxygens (including phenoxy) is 1. The van der Waals surface area contributed by atoms with Gasteiger partial charge in [-0.05, 0) is 24.3 Å². The molecule has 19 heavy (non-hydrogen) atoms. The van der Waals surface area contributed by atoms with Gasteiger partial charge in [0, 0.05) is 50.9 Å². The molecule has 4 nitrogen and oxygen atoms in total. The van der Waals surface area contributed by atoms with Gasteiger partial charge in [-0.3, -0.25) is 4.79 Å². The number of alkyl halides is 1. The standard InChI is InChI=1S/C14H21BrN2O2/c1-16(2)13-6-4-12(5-7-13)14(18)17(9-8-15)10-11-19-3/h4-7H,8-11H2,1-3H3. The monoisotopic (exact) mass is 328 g/mol. The van der Waals surface area contributed by atoms with Crippen LogP contribution in [0.15, 0.2) is 24.3 Å². The average Bonchev–Trinajstić information content (AvgIpc) is 2.42. The summed E-state index contributed by atoms with van der Waals surface area (Å²) in [6.07, 6.45) is 0. The molecule has 0 radical (unpaired) electrons. The van der Waals surface area contributed by atoms with Gasteiger partial charge in [-0.2, -0.15) is 0 Å². The number of benzene rings is 1. The Bertz CT molecular complexity index is 393. The number of carbonyl (C=O) groups excluding carboxylic acids is 1. The molecule has 0 aliphatic rings. The molecule has 1 rings (SSSR count). The van der Waals surface area contributed by atoms with Crippen LogP contribution < -0.4 is 4.90 Å². The van der Waals surface area contributed by atoms with Crippen LogP contribution in [0.1, 0.15) is 10.4 Å². The van der Waals surface area contributed by atoms with Crippen LogP contribution in [0, 0.1) is 0 Å². The zero-order valence-corrected chi connectivity index (χ0v) is 13.3. The maximum absolute atomic E-state index is 12.4. The SMILES string of the molecule is COCCN(CCBr)C(=O)c1ccc(N(C)C)cc1. The average molecular weight is 329 g/mol. The summed E-state index contributed by atoms with van der Waals surface area (Å²) in [7, 11) is 5.60. The number of amides is 1. The van der Waals surface area contributed by atoms with Crippen molar-refractivity contribution in [3.8, 4) is 0 Å². The summed E-state index contributed by atoms with van der Waals surface area (Å²) in [5.41, 5.74) is 1.79. The molecule has 106 valence electrons. The van der Waals surface area contributed by atoms with Crippen molar-refractivity contribution < 1.29 is 9.53 Å². The Morgan fingerprint density at radius 1 is 1.21 bits per heavy atom. The number of halogens is 1. The number of carbonyl (C=O) groups is 1. The first-order valence-corrected chi connectivity index (χ1v) is 7.34. The molecule has 1 amide bonds. The van der Waals surface area contributed by atoms with Crippen molar-refractivity contribution in [3.05, 3.63) is 29.8 Å². The molecule has 0 aliphatic heterocycles. The van der Waals surface area contributed by atoms with Gasteiger partial charge in [0.05, 0.1) is 6.61 Å². The van der Waals surface area contributed by atoms with Crippen LogP contribution in [0.2, 0.25) is 0 Å². The molecule has 0 heterocycles. The highest BCUT2D eigenvalue weighted by molar-refractivity contribution is 9.09. The third kappa shape index (κ3) is 4.84. The lowest BCUT2D eigenvalue weighted by Gasteiger charge is -2.22. The van der Waals surface area contributed by atoms with Crippen molar-refractivity contribution in [1.82, 2.24) is 4.90 Å². The topological polar surface area (TPSA) is 32.8 Å². The molecule has 1 aromatic carbocycles. The van der Waals surface area contributed by atoms with Crippen LogP contribution in [0.3, 0.4) is 0 Å². The fourth-order valence-electron chi connectivity index (χ4n) is 1.70. The van der Waals surface area contributed by atoms with E-state index in [0.717, 1.165) is 11.0 Å². The van der Waals surface area contributed by atoms with Gasteiger partial charge in [0.25, 0.3) is 5.91 Å². The molecule has 0 aromatic heterocycles. The van der Waals surface area contributed by atoms with Gasteiger partial charge in [-0.25, -0.2) is 0 Å². The highest BCUT2D eigenvalue weighted by atomic mass is 79.9. The second-order valence-electron chi connectivity index (χ2n) is 4.42. The van der Waals surface area contributed by atoms with E-state index in [2.05, 4.69) is 15.9 Å². The Balaban J connectivity index is 2.77. The predicted molar refractivity (Wildman–Crippen MR) is 82.3 cm³/mol. The minimum absolute atomic E-state index is 0.0433. The largest absolute Gasteiger partial charge is 0.383 e. The van der Waals surface area contributed by atoms with E-state index in [-0.39, 0.29) is 5.91 Å². The fraction of sp³-hybridized carbons (Fsp3) is 0.500. The molecule has 0 saturated heterocycles. The van der Waals surface area contributed by atoms with Crippen LogP contribution in [0.25, 0.3) is 0 Å². The van der Waals surface area contributed by atoms with Gasteiger partial charge in [0.2, 0.25) is 0 Å². The van der Waals surface area contributed by atoms with Crippen LogP contribution in [-0.4, -0.2) is 57.0 Å². The van der Waals surface area contributed by atoms with E-state index in [1.165, 1.54) is 0 Å². The van der Waals surface area contributed by atoms with Gasteiger partial charge in [0.1, 0.15) is 0 Å². The molecule has 0 spiro atoms. The third-order valence-electron chi connectivity index (χ3n) is 2.84. The van der Waals surface area contributed by atoms with E-state index in [1.807, 2.05) is 43.3 Å². The lowest BCUT2D eigenvalue weighted by molar-refractivity contribution is 0.0709. The van der Waals surface area contributed by atoms with E-state index in [4.69, 9.17) is 4.74 Å². The molecule has 1 aromatic rings. The van der Waals surface area contributed by atoms with Crippen LogP contribution in [-0.2, 0) is 4.74 Å². The van der Waals surface area contributed by atoms with E-state index < -0.39 is 0 Å². The second kappa shape index (κ2) is 8.17. The summed E-state index contributed by atoms with van der Waals surface area (Å²) < 4.78 is 5.04. The van der Waals surface area contributed by atoms with E-state index in [9.17, 15) is 4.79 Å². The highest BCUT2D eigenvalue weighted by Crippen LogP contribution is 2.14. The quantitative estimate of drug-likeness (QED) is 0.719. The summed E-state index contributed by atoms with van der Waals surface area (Å²) in [6, 6.07) is 7.64. The summed E-state index contributed by atoms with van der Waals surface area (Å²) in [5.74, 6) is 0.0433. The minimum atomic E-state index is 0.0433. The van der Waals surface area contributed by atoms with Gasteiger partial charge < -0.3 is 14.5 Å². The smallest absolute Gasteiger partial charge is 0.253 e. The van der Waals surface area contributed by atoms with Gasteiger partial charge in [-0.1, -0.05) is 15.9 Å². The fourth-order valence-corrected chi connectivity index (χ4v) is 2.13. The van der Waals surface area contributed by atoms with Crippen molar-refractivity contribution in [2.75, 3.05) is 51.1 Å². The molecule has 0 unspecified atom stereocenters. The predicted octanol–water partition coefficient (Wildman–Crippen LogP) is 2.24. The van der Waals surface area contributed by atoms with Crippen molar-refractivity contribution in [2.24, 2.45) is 0 Å². The van der Waals surface area contributed by atoms with Gasteiger partial charge in [-0.15, -0.1) is 0 Å². The number of hydrogen-bond donors (Lipinski definition) is 0. The molecule has 0 atom stereocenters. The maximum atomic E-state index is 12.4. The molecular weight excluding hydrogens is 308 g/mol. The van der Waals surface area contributed by atoms with Gasteiger partial charge in [0.15, 0.2) is 0 Å². The molecule has 0 saturated carbocycles. The first-order chi connectivity index (χ1) is 9.10. The Labute approximate surface area is 123 Å². The normalized spacial score (nSPS) is 10.3. The molecule has 5 heteroatoms. The van der Waals surface area contributed by atoms with E-state index >= 15 is 0 Å². The molecule has 0 bridgehead atoms. The first kappa shape index (κ1) is 16.0. The van der Waals surface area contributed by atoms with Gasteiger partial charge >= 0.3 is 0 Å². The minimum Gasteiger partial charge on any atom is -0.383 e. The summed E-state index contributed by atoms with van der Waals surface area (Å²) >= 11 is 3.37. The zero-order valence-electron chi connectivity index (χ0n) is 11.7. The Kier molecular flexibility index (Phi) is 6.87. The lowest BCUT2D eigenvalue weighted by atomic mass is 10.1. The summed E-state index contributed by atoms with van der Waals surface area (Å²) in [4.78, 5) is 16.2. The highest BCUT2D eigenvalue weighted by Gasteiger charge is 2.14. The molecule has 0 fully saturated rings. The molecule has 0 aliphatic carbocycles. The van der Waals surface area contributed by atoms with Crippen molar-refractivity contribution in [1.29, 1.82) is 0 Å². The van der Waals surface area contributed by atoms with Crippen LogP contribution in [0.5, 0.6) is 0 Å². The van der Waals surface area contributed by atoms with E-state index in [1.54, 1.807) is 12.0 Å². The molecule has 0 N–H and O–H groups in total. The summed E-state index contributed by atoms with van der Waals surface area (Å²) in [5, 5.41) is 0.762. The number of rotatable bonds is 7.